The Morgan fingerprint density at radius 3 is 2.89 bits per heavy atom. The van der Waals surface area contributed by atoms with Crippen molar-refractivity contribution in [3.8, 4) is 5.75 Å². The van der Waals surface area contributed by atoms with E-state index >= 15 is 0 Å². The van der Waals surface area contributed by atoms with Crippen LogP contribution in [0.5, 0.6) is 5.75 Å². The van der Waals surface area contributed by atoms with E-state index in [0.29, 0.717) is 42.0 Å². The molecule has 0 spiro atoms. The van der Waals surface area contributed by atoms with E-state index in [2.05, 4.69) is 34.2 Å². The summed E-state index contributed by atoms with van der Waals surface area (Å²) in [5.74, 6) is 1.07. The number of ether oxygens (including phenoxy) is 1. The summed E-state index contributed by atoms with van der Waals surface area (Å²) < 4.78 is 5.68. The van der Waals surface area contributed by atoms with Gasteiger partial charge >= 0.3 is 0 Å². The molecule has 0 saturated heterocycles. The third-order valence-electron chi connectivity index (χ3n) is 4.63. The van der Waals surface area contributed by atoms with Crippen LogP contribution in [0.1, 0.15) is 27.2 Å². The molecule has 1 amide bonds. The van der Waals surface area contributed by atoms with E-state index in [4.69, 9.17) is 4.74 Å². The molecule has 2 N–H and O–H groups in total. The van der Waals surface area contributed by atoms with Gasteiger partial charge in [0.15, 0.2) is 0 Å². The molecule has 0 saturated carbocycles. The lowest BCUT2D eigenvalue weighted by atomic mass is 9.98. The molecule has 1 aliphatic heterocycles. The molecule has 0 aliphatic carbocycles. The second-order valence-electron chi connectivity index (χ2n) is 6.43. The summed E-state index contributed by atoms with van der Waals surface area (Å²) in [6, 6.07) is 11.3. The summed E-state index contributed by atoms with van der Waals surface area (Å²) in [6.45, 7) is 1.07. The molecule has 1 aliphatic rings. The van der Waals surface area contributed by atoms with Gasteiger partial charge < -0.3 is 10.1 Å². The number of fused-ring (bicyclic) bond motifs is 2. The number of benzene rings is 2. The van der Waals surface area contributed by atoms with Crippen molar-refractivity contribution in [1.82, 2.24) is 15.5 Å². The normalized spacial score (nSPS) is 12.6. The van der Waals surface area contributed by atoms with Crippen LogP contribution in [0.15, 0.2) is 41.2 Å². The van der Waals surface area contributed by atoms with Crippen molar-refractivity contribution in [1.29, 1.82) is 0 Å². The highest BCUT2D eigenvalue weighted by Gasteiger charge is 2.22. The Kier molecular flexibility index (Phi) is 4.85. The number of H-pyrrole nitrogens is 1. The van der Waals surface area contributed by atoms with Crippen molar-refractivity contribution in [2.24, 2.45) is 0 Å². The Hall–Kier alpha value is -2.80. The average molecular weight is 381 g/mol. The number of aromatic nitrogens is 2. The molecule has 0 atom stereocenters. The molecule has 138 valence electrons. The van der Waals surface area contributed by atoms with Crippen molar-refractivity contribution < 1.29 is 9.53 Å². The van der Waals surface area contributed by atoms with Gasteiger partial charge in [0.1, 0.15) is 5.75 Å². The van der Waals surface area contributed by atoms with Crippen molar-refractivity contribution in [2.45, 2.75) is 12.8 Å². The fourth-order valence-corrected chi connectivity index (χ4v) is 3.52. The molecule has 2 aromatic carbocycles. The smallest absolute Gasteiger partial charge is 0.272 e. The van der Waals surface area contributed by atoms with E-state index < -0.39 is 0 Å². The maximum atomic E-state index is 12.5. The molecule has 3 aromatic rings. The van der Waals surface area contributed by atoms with Gasteiger partial charge in [-0.3, -0.25) is 9.59 Å². The predicted octanol–water partition coefficient (Wildman–Crippen LogP) is 2.11. The van der Waals surface area contributed by atoms with Gasteiger partial charge in [0.25, 0.3) is 11.5 Å². The van der Waals surface area contributed by atoms with Crippen LogP contribution in [-0.2, 0) is 12.8 Å². The lowest BCUT2D eigenvalue weighted by Crippen LogP contribution is -2.26. The molecular formula is C20H19N3O3S. The molecule has 27 heavy (non-hydrogen) atoms. The Labute approximate surface area is 161 Å². The van der Waals surface area contributed by atoms with Gasteiger partial charge in [0.05, 0.1) is 23.3 Å². The third-order valence-corrected chi connectivity index (χ3v) is 4.86. The fourth-order valence-electron chi connectivity index (χ4n) is 3.41. The maximum Gasteiger partial charge on any atom is 0.272 e. The minimum Gasteiger partial charge on any atom is -0.492 e. The van der Waals surface area contributed by atoms with E-state index in [-0.39, 0.29) is 11.5 Å². The van der Waals surface area contributed by atoms with Crippen molar-refractivity contribution in [2.75, 3.05) is 18.9 Å². The number of aromatic amines is 1. The largest absolute Gasteiger partial charge is 0.492 e. The minimum absolute atomic E-state index is 0.164. The standard InChI is InChI=1S/C20H19N3O3S/c24-19(21-6-8-27)16-10-12(9-13-5-7-26-18(13)16)11-17-14-3-1-2-4-15(14)20(25)23-22-17/h1-4,9-10,27H,5-8,11H2,(H,21,24)(H,23,25). The number of amides is 1. The maximum absolute atomic E-state index is 12.5. The third kappa shape index (κ3) is 3.42. The van der Waals surface area contributed by atoms with Crippen LogP contribution in [0.2, 0.25) is 0 Å². The number of rotatable bonds is 5. The van der Waals surface area contributed by atoms with Crippen molar-refractivity contribution >= 4 is 29.3 Å². The predicted molar refractivity (Wildman–Crippen MR) is 107 cm³/mol. The summed E-state index contributed by atoms with van der Waals surface area (Å²) in [4.78, 5) is 24.5. The molecule has 6 nitrogen and oxygen atoms in total. The van der Waals surface area contributed by atoms with E-state index in [1.807, 2.05) is 24.3 Å². The molecule has 4 rings (SSSR count). The van der Waals surface area contributed by atoms with Crippen LogP contribution in [0, 0.1) is 0 Å². The quantitative estimate of drug-likeness (QED) is 0.591. The fraction of sp³-hybridized carbons (Fsp3) is 0.250. The first-order chi connectivity index (χ1) is 13.2. The highest BCUT2D eigenvalue weighted by molar-refractivity contribution is 7.80. The zero-order chi connectivity index (χ0) is 18.8. The van der Waals surface area contributed by atoms with Gasteiger partial charge in [-0.05, 0) is 23.3 Å². The molecule has 7 heteroatoms. The molecule has 0 radical (unpaired) electrons. The van der Waals surface area contributed by atoms with Crippen molar-refractivity contribution in [3.05, 3.63) is 69.1 Å². The topological polar surface area (TPSA) is 84.1 Å². The number of carbonyl (C=O) groups is 1. The first kappa shape index (κ1) is 17.6. The lowest BCUT2D eigenvalue weighted by molar-refractivity contribution is 0.0953. The molecule has 1 aromatic heterocycles. The van der Waals surface area contributed by atoms with E-state index in [1.165, 1.54) is 0 Å². The highest BCUT2D eigenvalue weighted by atomic mass is 32.1. The molecule has 0 fully saturated rings. The van der Waals surface area contributed by atoms with Crippen molar-refractivity contribution in [3.63, 3.8) is 0 Å². The van der Waals surface area contributed by atoms with E-state index in [9.17, 15) is 9.59 Å². The second kappa shape index (κ2) is 7.44. The Balaban J connectivity index is 1.74. The summed E-state index contributed by atoms with van der Waals surface area (Å²) in [6.07, 6.45) is 1.28. The summed E-state index contributed by atoms with van der Waals surface area (Å²) >= 11 is 4.13. The summed E-state index contributed by atoms with van der Waals surface area (Å²) in [7, 11) is 0. The highest BCUT2D eigenvalue weighted by Crippen LogP contribution is 2.32. The van der Waals surface area contributed by atoms with Gasteiger partial charge in [-0.1, -0.05) is 24.3 Å². The zero-order valence-electron chi connectivity index (χ0n) is 14.6. The number of nitrogens with one attached hydrogen (secondary N) is 2. The number of thiol groups is 1. The van der Waals surface area contributed by atoms with Gasteiger partial charge in [0, 0.05) is 30.5 Å². The number of hydrogen-bond donors (Lipinski definition) is 3. The van der Waals surface area contributed by atoms with Crippen LogP contribution >= 0.6 is 12.6 Å². The first-order valence-corrected chi connectivity index (χ1v) is 9.44. The van der Waals surface area contributed by atoms with E-state index in [1.54, 1.807) is 6.07 Å². The van der Waals surface area contributed by atoms with Crippen LogP contribution in [0.3, 0.4) is 0 Å². The van der Waals surface area contributed by atoms with E-state index in [0.717, 1.165) is 28.6 Å². The second-order valence-corrected chi connectivity index (χ2v) is 6.88. The van der Waals surface area contributed by atoms with Crippen LogP contribution in [-0.4, -0.2) is 35.0 Å². The SMILES string of the molecule is O=C(NCCS)c1cc(Cc2n[nH]c(=O)c3ccccc23)cc2c1OCC2. The molecule has 0 unspecified atom stereocenters. The Morgan fingerprint density at radius 2 is 2.07 bits per heavy atom. The van der Waals surface area contributed by atoms with Crippen LogP contribution < -0.4 is 15.6 Å². The lowest BCUT2D eigenvalue weighted by Gasteiger charge is -2.12. The van der Waals surface area contributed by atoms with Gasteiger partial charge in [-0.15, -0.1) is 0 Å². The zero-order valence-corrected chi connectivity index (χ0v) is 15.5. The van der Waals surface area contributed by atoms with Gasteiger partial charge in [-0.2, -0.15) is 17.7 Å². The summed E-state index contributed by atoms with van der Waals surface area (Å²) in [5.41, 5.74) is 3.09. The minimum atomic E-state index is -0.205. The molecule has 0 bridgehead atoms. The Morgan fingerprint density at radius 1 is 1.26 bits per heavy atom. The first-order valence-electron chi connectivity index (χ1n) is 8.81. The van der Waals surface area contributed by atoms with Crippen LogP contribution in [0.4, 0.5) is 0 Å². The number of hydrogen-bond acceptors (Lipinski definition) is 5. The van der Waals surface area contributed by atoms with Gasteiger partial charge in [-0.25, -0.2) is 5.10 Å². The molecular weight excluding hydrogens is 362 g/mol. The van der Waals surface area contributed by atoms with Gasteiger partial charge in [0.2, 0.25) is 0 Å². The monoisotopic (exact) mass is 381 g/mol. The Bertz CT molecular complexity index is 1080. The average Bonchev–Trinajstić information content (AvgIpc) is 3.16. The summed E-state index contributed by atoms with van der Waals surface area (Å²) in [5, 5.41) is 11.1. The number of nitrogens with zero attached hydrogens (tertiary/aromatic N) is 1. The number of carbonyl (C=O) groups excluding carboxylic acids is 1. The van der Waals surface area contributed by atoms with Crippen LogP contribution in [0.25, 0.3) is 10.8 Å². The molecule has 2 heterocycles.